The predicted molar refractivity (Wildman–Crippen MR) is 87.1 cm³/mol. The summed E-state index contributed by atoms with van der Waals surface area (Å²) in [7, 11) is 0. The van der Waals surface area contributed by atoms with Gasteiger partial charge in [0, 0.05) is 44.0 Å². The monoisotopic (exact) mass is 321 g/mol. The Morgan fingerprint density at radius 2 is 2.00 bits per heavy atom. The van der Waals surface area contributed by atoms with Gasteiger partial charge in [0.2, 0.25) is 5.91 Å². The van der Waals surface area contributed by atoms with Crippen molar-refractivity contribution in [2.45, 2.75) is 31.7 Å². The average Bonchev–Trinajstić information content (AvgIpc) is 3.25. The molecule has 2 amide bonds. The maximum absolute atomic E-state index is 12.3. The summed E-state index contributed by atoms with van der Waals surface area (Å²) in [6, 6.07) is 2.38. The fourth-order valence-corrected chi connectivity index (χ4v) is 3.82. The molecule has 2 aliphatic rings. The van der Waals surface area contributed by atoms with Crippen LogP contribution in [0.1, 0.15) is 36.0 Å². The van der Waals surface area contributed by atoms with E-state index in [-0.39, 0.29) is 11.8 Å². The topological polar surface area (TPSA) is 52.7 Å². The fraction of sp³-hybridized carbons (Fsp3) is 0.625. The lowest BCUT2D eigenvalue weighted by Crippen LogP contribution is -2.50. The molecule has 0 spiro atoms. The van der Waals surface area contributed by atoms with Crippen molar-refractivity contribution in [2.75, 3.05) is 32.7 Å². The van der Waals surface area contributed by atoms with Crippen molar-refractivity contribution >= 4 is 23.2 Å². The van der Waals surface area contributed by atoms with E-state index in [0.717, 1.165) is 18.5 Å². The minimum Gasteiger partial charge on any atom is -0.339 e. The maximum atomic E-state index is 12.3. The predicted octanol–water partition coefficient (Wildman–Crippen LogP) is 1.56. The zero-order chi connectivity index (χ0) is 15.4. The molecular formula is C16H23N3O2S. The lowest BCUT2D eigenvalue weighted by atomic mass is 10.1. The molecule has 3 rings (SSSR count). The third kappa shape index (κ3) is 3.67. The average molecular weight is 321 g/mol. The first-order valence-electron chi connectivity index (χ1n) is 8.06. The van der Waals surface area contributed by atoms with E-state index in [2.05, 4.69) is 5.32 Å². The van der Waals surface area contributed by atoms with Crippen molar-refractivity contribution in [3.05, 3.63) is 22.4 Å². The molecule has 6 heteroatoms. The van der Waals surface area contributed by atoms with Gasteiger partial charge in [0.25, 0.3) is 5.91 Å². The molecule has 5 nitrogen and oxygen atoms in total. The van der Waals surface area contributed by atoms with Crippen LogP contribution >= 0.6 is 11.3 Å². The molecule has 1 unspecified atom stereocenters. The molecule has 0 aliphatic carbocycles. The van der Waals surface area contributed by atoms with Crippen LogP contribution in [0, 0.1) is 0 Å². The number of carbonyl (C=O) groups is 2. The van der Waals surface area contributed by atoms with Crippen LogP contribution in [0.15, 0.2) is 16.8 Å². The van der Waals surface area contributed by atoms with Crippen LogP contribution in [0.3, 0.4) is 0 Å². The van der Waals surface area contributed by atoms with Gasteiger partial charge < -0.3 is 15.1 Å². The number of rotatable bonds is 4. The van der Waals surface area contributed by atoms with E-state index < -0.39 is 0 Å². The largest absolute Gasteiger partial charge is 0.339 e. The fourth-order valence-electron chi connectivity index (χ4n) is 3.19. The molecule has 1 aromatic heterocycles. The molecule has 2 saturated heterocycles. The van der Waals surface area contributed by atoms with E-state index in [1.807, 2.05) is 26.6 Å². The summed E-state index contributed by atoms with van der Waals surface area (Å²) in [5.41, 5.74) is 0.761. The summed E-state index contributed by atoms with van der Waals surface area (Å²) in [4.78, 5) is 28.3. The summed E-state index contributed by atoms with van der Waals surface area (Å²) < 4.78 is 0. The standard InChI is InChI=1S/C16H23N3O2S/c20-15(4-3-14-2-1-6-17-14)18-7-9-19(10-8-18)16(21)13-5-11-22-12-13/h5,11-12,14,17H,1-4,6-10H2. The molecule has 1 atom stereocenters. The summed E-state index contributed by atoms with van der Waals surface area (Å²) in [5, 5.41) is 7.23. The zero-order valence-corrected chi connectivity index (χ0v) is 13.6. The van der Waals surface area contributed by atoms with Crippen LogP contribution in [0.4, 0.5) is 0 Å². The van der Waals surface area contributed by atoms with E-state index in [4.69, 9.17) is 0 Å². The third-order valence-electron chi connectivity index (χ3n) is 4.56. The van der Waals surface area contributed by atoms with Crippen molar-refractivity contribution in [3.8, 4) is 0 Å². The number of thiophene rings is 1. The van der Waals surface area contributed by atoms with Crippen LogP contribution in [-0.2, 0) is 4.79 Å². The number of hydrogen-bond donors (Lipinski definition) is 1. The van der Waals surface area contributed by atoms with Gasteiger partial charge in [0.1, 0.15) is 0 Å². The highest BCUT2D eigenvalue weighted by atomic mass is 32.1. The number of hydrogen-bond acceptors (Lipinski definition) is 4. The summed E-state index contributed by atoms with van der Waals surface area (Å²) in [6.45, 7) is 3.69. The molecule has 0 bridgehead atoms. The van der Waals surface area contributed by atoms with Gasteiger partial charge in [-0.25, -0.2) is 0 Å². The Kier molecular flexibility index (Phi) is 5.10. The Morgan fingerprint density at radius 1 is 1.23 bits per heavy atom. The zero-order valence-electron chi connectivity index (χ0n) is 12.8. The van der Waals surface area contributed by atoms with Crippen molar-refractivity contribution in [2.24, 2.45) is 0 Å². The Morgan fingerprint density at radius 3 is 2.64 bits per heavy atom. The number of nitrogens with one attached hydrogen (secondary N) is 1. The summed E-state index contributed by atoms with van der Waals surface area (Å²) >= 11 is 1.54. The molecule has 3 heterocycles. The van der Waals surface area contributed by atoms with Gasteiger partial charge in [-0.05, 0) is 37.3 Å². The quantitative estimate of drug-likeness (QED) is 0.916. The Balaban J connectivity index is 1.42. The van der Waals surface area contributed by atoms with Crippen molar-refractivity contribution < 1.29 is 9.59 Å². The van der Waals surface area contributed by atoms with E-state index in [1.54, 1.807) is 0 Å². The smallest absolute Gasteiger partial charge is 0.254 e. The van der Waals surface area contributed by atoms with E-state index >= 15 is 0 Å². The van der Waals surface area contributed by atoms with Crippen LogP contribution in [0.25, 0.3) is 0 Å². The van der Waals surface area contributed by atoms with Gasteiger partial charge in [-0.2, -0.15) is 11.3 Å². The normalized spacial score (nSPS) is 22.1. The van der Waals surface area contributed by atoms with Crippen LogP contribution in [0.5, 0.6) is 0 Å². The molecule has 0 radical (unpaired) electrons. The van der Waals surface area contributed by atoms with Gasteiger partial charge in [0.05, 0.1) is 5.56 Å². The first kappa shape index (κ1) is 15.5. The second-order valence-electron chi connectivity index (χ2n) is 6.02. The molecule has 120 valence electrons. The number of amides is 2. The molecule has 0 saturated carbocycles. The summed E-state index contributed by atoms with van der Waals surface area (Å²) in [6.07, 6.45) is 3.97. The Labute approximate surface area is 135 Å². The SMILES string of the molecule is O=C(CCC1CCCN1)N1CCN(C(=O)c2ccsc2)CC1. The second-order valence-corrected chi connectivity index (χ2v) is 6.80. The number of carbonyl (C=O) groups excluding carboxylic acids is 2. The first-order valence-corrected chi connectivity index (χ1v) is 9.01. The minimum absolute atomic E-state index is 0.0866. The lowest BCUT2D eigenvalue weighted by molar-refractivity contribution is -0.132. The van der Waals surface area contributed by atoms with Gasteiger partial charge in [-0.1, -0.05) is 0 Å². The van der Waals surface area contributed by atoms with Gasteiger partial charge >= 0.3 is 0 Å². The third-order valence-corrected chi connectivity index (χ3v) is 5.24. The highest BCUT2D eigenvalue weighted by Gasteiger charge is 2.25. The van der Waals surface area contributed by atoms with Crippen molar-refractivity contribution in [3.63, 3.8) is 0 Å². The molecule has 22 heavy (non-hydrogen) atoms. The first-order chi connectivity index (χ1) is 10.7. The number of nitrogens with zero attached hydrogens (tertiary/aromatic N) is 2. The minimum atomic E-state index is 0.0866. The number of piperazine rings is 1. The molecular weight excluding hydrogens is 298 g/mol. The van der Waals surface area contributed by atoms with Crippen LogP contribution in [0.2, 0.25) is 0 Å². The van der Waals surface area contributed by atoms with E-state index in [0.29, 0.717) is 38.6 Å². The van der Waals surface area contributed by atoms with Gasteiger partial charge in [-0.15, -0.1) is 0 Å². The van der Waals surface area contributed by atoms with Crippen molar-refractivity contribution in [1.29, 1.82) is 0 Å². The Bertz CT molecular complexity index is 503. The molecule has 1 aromatic rings. The van der Waals surface area contributed by atoms with Crippen molar-refractivity contribution in [1.82, 2.24) is 15.1 Å². The Hall–Kier alpha value is -1.40. The maximum Gasteiger partial charge on any atom is 0.254 e. The highest BCUT2D eigenvalue weighted by Crippen LogP contribution is 2.15. The van der Waals surface area contributed by atoms with Crippen LogP contribution in [-0.4, -0.2) is 60.4 Å². The second kappa shape index (κ2) is 7.24. The van der Waals surface area contributed by atoms with E-state index in [9.17, 15) is 9.59 Å². The molecule has 2 aliphatic heterocycles. The molecule has 1 N–H and O–H groups in total. The lowest BCUT2D eigenvalue weighted by Gasteiger charge is -2.35. The van der Waals surface area contributed by atoms with E-state index in [1.165, 1.54) is 24.2 Å². The molecule has 2 fully saturated rings. The van der Waals surface area contributed by atoms with Gasteiger partial charge in [0.15, 0.2) is 0 Å². The highest BCUT2D eigenvalue weighted by molar-refractivity contribution is 7.08. The van der Waals surface area contributed by atoms with Crippen LogP contribution < -0.4 is 5.32 Å². The summed E-state index contributed by atoms with van der Waals surface area (Å²) in [5.74, 6) is 0.319. The molecule has 0 aromatic carbocycles. The van der Waals surface area contributed by atoms with Gasteiger partial charge in [-0.3, -0.25) is 9.59 Å².